The van der Waals surface area contributed by atoms with Crippen LogP contribution in [0.1, 0.15) is 51.2 Å². The van der Waals surface area contributed by atoms with Gasteiger partial charge in [0.1, 0.15) is 23.2 Å². The number of pyridine rings is 1. The molecule has 0 saturated carbocycles. The van der Waals surface area contributed by atoms with Gasteiger partial charge in [-0.2, -0.15) is 10.4 Å². The number of hydrogen-bond acceptors (Lipinski definition) is 6. The molecule has 0 aliphatic carbocycles. The van der Waals surface area contributed by atoms with E-state index in [0.29, 0.717) is 48.8 Å². The summed E-state index contributed by atoms with van der Waals surface area (Å²) in [6.07, 6.45) is 7.99. The van der Waals surface area contributed by atoms with Crippen LogP contribution in [-0.2, 0) is 26.6 Å². The Morgan fingerprint density at radius 3 is 2.59 bits per heavy atom. The summed E-state index contributed by atoms with van der Waals surface area (Å²) in [6, 6.07) is 8.06. The summed E-state index contributed by atoms with van der Waals surface area (Å²) in [4.78, 5) is 24.4. The van der Waals surface area contributed by atoms with Crippen molar-refractivity contribution in [2.45, 2.75) is 40.3 Å². The van der Waals surface area contributed by atoms with Crippen molar-refractivity contribution in [1.29, 1.82) is 5.26 Å². The molecule has 9 heteroatoms. The Hall–Kier alpha value is -4.45. The molecule has 5 rings (SSSR count). The van der Waals surface area contributed by atoms with Gasteiger partial charge >= 0.3 is 0 Å². The Balaban J connectivity index is 1.53. The fourth-order valence-corrected chi connectivity index (χ4v) is 4.94. The number of carbonyl (C=O) groups excluding carboxylic acids is 1. The van der Waals surface area contributed by atoms with Crippen molar-refractivity contribution in [3.05, 3.63) is 82.5 Å². The van der Waals surface area contributed by atoms with Gasteiger partial charge in [-0.15, -0.1) is 0 Å². The third kappa shape index (κ3) is 4.70. The van der Waals surface area contributed by atoms with Crippen LogP contribution in [0.15, 0.2) is 43.0 Å². The summed E-state index contributed by atoms with van der Waals surface area (Å²) >= 11 is 0. The number of imidazole rings is 1. The zero-order valence-corrected chi connectivity index (χ0v) is 21.5. The first-order valence-electron chi connectivity index (χ1n) is 12.3. The molecule has 37 heavy (non-hydrogen) atoms. The molecule has 1 aliphatic rings. The van der Waals surface area contributed by atoms with Crippen LogP contribution in [0.2, 0.25) is 0 Å². The zero-order chi connectivity index (χ0) is 26.1. The normalized spacial score (nSPS) is 12.9. The molecule has 0 unspecified atom stereocenters. The highest BCUT2D eigenvalue weighted by Crippen LogP contribution is 2.34. The first-order chi connectivity index (χ1) is 17.9. The van der Waals surface area contributed by atoms with E-state index in [2.05, 4.69) is 31.8 Å². The molecular formula is C28H29N7O2. The average Bonchev–Trinajstić information content (AvgIpc) is 3.44. The average molecular weight is 496 g/mol. The minimum absolute atomic E-state index is 0.0302. The number of aromatic nitrogens is 5. The largest absolute Gasteiger partial charge is 0.492 e. The number of aryl methyl sites for hydroxylation is 3. The van der Waals surface area contributed by atoms with Crippen LogP contribution in [0.5, 0.6) is 5.75 Å². The minimum Gasteiger partial charge on any atom is -0.492 e. The van der Waals surface area contributed by atoms with Gasteiger partial charge < -0.3 is 14.2 Å². The first-order valence-corrected chi connectivity index (χ1v) is 12.3. The molecule has 1 aliphatic heterocycles. The van der Waals surface area contributed by atoms with Crippen molar-refractivity contribution < 1.29 is 9.53 Å². The van der Waals surface area contributed by atoms with E-state index in [0.717, 1.165) is 40.2 Å². The Labute approximate surface area is 216 Å². The van der Waals surface area contributed by atoms with E-state index in [1.165, 1.54) is 6.20 Å². The van der Waals surface area contributed by atoms with Gasteiger partial charge in [0, 0.05) is 62.1 Å². The fraction of sp³-hybridized carbons (Fsp3) is 0.321. The summed E-state index contributed by atoms with van der Waals surface area (Å²) in [6.45, 7) is 7.82. The van der Waals surface area contributed by atoms with Crippen LogP contribution in [0.25, 0.3) is 11.1 Å². The Kier molecular flexibility index (Phi) is 6.49. The van der Waals surface area contributed by atoms with Crippen LogP contribution >= 0.6 is 0 Å². The molecule has 0 bridgehead atoms. The Morgan fingerprint density at radius 1 is 1.11 bits per heavy atom. The molecule has 1 amide bonds. The Morgan fingerprint density at radius 2 is 1.92 bits per heavy atom. The van der Waals surface area contributed by atoms with Crippen molar-refractivity contribution in [2.75, 3.05) is 13.2 Å². The molecule has 4 aromatic rings. The van der Waals surface area contributed by atoms with Crippen LogP contribution in [0.3, 0.4) is 0 Å². The van der Waals surface area contributed by atoms with Crippen LogP contribution < -0.4 is 4.74 Å². The van der Waals surface area contributed by atoms with Crippen molar-refractivity contribution in [1.82, 2.24) is 29.2 Å². The quantitative estimate of drug-likeness (QED) is 0.386. The lowest BCUT2D eigenvalue weighted by atomic mass is 9.88. The van der Waals surface area contributed by atoms with Gasteiger partial charge in [-0.3, -0.25) is 14.5 Å². The van der Waals surface area contributed by atoms with E-state index < -0.39 is 0 Å². The number of carbonyl (C=O) groups is 1. The molecule has 0 radical (unpaired) electrons. The number of nitriles is 1. The maximum atomic E-state index is 13.8. The second kappa shape index (κ2) is 9.90. The minimum atomic E-state index is -0.0302. The summed E-state index contributed by atoms with van der Waals surface area (Å²) < 4.78 is 9.50. The van der Waals surface area contributed by atoms with E-state index in [1.807, 2.05) is 55.9 Å². The van der Waals surface area contributed by atoms with Crippen molar-refractivity contribution in [2.24, 2.45) is 7.05 Å². The van der Waals surface area contributed by atoms with E-state index in [1.54, 1.807) is 12.3 Å². The standard InChI is InChI=1S/C28H29N7O2/c1-5-37-27-12-22(31-14-21(27)13-29)16-35-8-6-23-24(26-17-33(4)32-18(26)2)10-20(11-25(23)28(35)36)15-34-9-7-30-19(34)3/h7,9-12,14,17H,5-6,8,15-16H2,1-4H3. The monoisotopic (exact) mass is 495 g/mol. The molecule has 0 N–H and O–H groups in total. The first kappa shape index (κ1) is 24.3. The summed E-state index contributed by atoms with van der Waals surface area (Å²) in [7, 11) is 1.91. The molecule has 3 aromatic heterocycles. The number of amides is 1. The molecule has 0 atom stereocenters. The number of benzene rings is 1. The number of nitrogens with zero attached hydrogens (tertiary/aromatic N) is 7. The van der Waals surface area contributed by atoms with Gasteiger partial charge in [-0.05, 0) is 56.0 Å². The molecule has 0 fully saturated rings. The van der Waals surface area contributed by atoms with Gasteiger partial charge in [-0.1, -0.05) is 0 Å². The maximum absolute atomic E-state index is 13.8. The second-order valence-electron chi connectivity index (χ2n) is 9.27. The van der Waals surface area contributed by atoms with Crippen LogP contribution in [0.4, 0.5) is 0 Å². The molecule has 1 aromatic carbocycles. The maximum Gasteiger partial charge on any atom is 0.254 e. The van der Waals surface area contributed by atoms with E-state index in [-0.39, 0.29) is 5.91 Å². The molecule has 0 spiro atoms. The van der Waals surface area contributed by atoms with Crippen molar-refractivity contribution >= 4 is 5.91 Å². The Bertz CT molecular complexity index is 1530. The van der Waals surface area contributed by atoms with Crippen LogP contribution in [0, 0.1) is 25.2 Å². The zero-order valence-electron chi connectivity index (χ0n) is 21.5. The molecule has 0 saturated heterocycles. The van der Waals surface area contributed by atoms with Gasteiger partial charge in [0.15, 0.2) is 0 Å². The number of fused-ring (bicyclic) bond motifs is 1. The highest BCUT2D eigenvalue weighted by molar-refractivity contribution is 5.99. The lowest BCUT2D eigenvalue weighted by Gasteiger charge is -2.30. The van der Waals surface area contributed by atoms with E-state index in [4.69, 9.17) is 4.74 Å². The predicted octanol–water partition coefficient (Wildman–Crippen LogP) is 3.81. The van der Waals surface area contributed by atoms with Gasteiger partial charge in [0.05, 0.1) is 24.5 Å². The fourth-order valence-electron chi connectivity index (χ4n) is 4.94. The molecule has 9 nitrogen and oxygen atoms in total. The number of ether oxygens (including phenoxy) is 1. The number of hydrogen-bond donors (Lipinski definition) is 0. The van der Waals surface area contributed by atoms with E-state index in [9.17, 15) is 10.1 Å². The van der Waals surface area contributed by atoms with Crippen molar-refractivity contribution in [3.8, 4) is 22.9 Å². The lowest BCUT2D eigenvalue weighted by Crippen LogP contribution is -2.37. The smallest absolute Gasteiger partial charge is 0.254 e. The molecular weight excluding hydrogens is 466 g/mol. The summed E-state index contributed by atoms with van der Waals surface area (Å²) in [5, 5.41) is 13.9. The van der Waals surface area contributed by atoms with Gasteiger partial charge in [-0.25, -0.2) is 4.98 Å². The highest BCUT2D eigenvalue weighted by atomic mass is 16.5. The van der Waals surface area contributed by atoms with Crippen molar-refractivity contribution in [3.63, 3.8) is 0 Å². The number of rotatable bonds is 7. The van der Waals surface area contributed by atoms with Gasteiger partial charge in [0.2, 0.25) is 0 Å². The summed E-state index contributed by atoms with van der Waals surface area (Å²) in [5.41, 5.74) is 6.89. The second-order valence-corrected chi connectivity index (χ2v) is 9.27. The predicted molar refractivity (Wildman–Crippen MR) is 138 cm³/mol. The highest BCUT2D eigenvalue weighted by Gasteiger charge is 2.29. The lowest BCUT2D eigenvalue weighted by molar-refractivity contribution is 0.0724. The summed E-state index contributed by atoms with van der Waals surface area (Å²) in [5.74, 6) is 1.38. The third-order valence-corrected chi connectivity index (χ3v) is 6.74. The third-order valence-electron chi connectivity index (χ3n) is 6.74. The molecule has 4 heterocycles. The van der Waals surface area contributed by atoms with Gasteiger partial charge in [0.25, 0.3) is 5.91 Å². The SMILES string of the molecule is CCOc1cc(CN2CCc3c(cc(Cn4ccnc4C)cc3-c3cn(C)nc3C)C2=O)ncc1C#N. The van der Waals surface area contributed by atoms with Crippen LogP contribution in [-0.4, -0.2) is 48.3 Å². The molecule has 188 valence electrons. The van der Waals surface area contributed by atoms with E-state index >= 15 is 0 Å². The topological polar surface area (TPSA) is 102 Å².